The molecular weight excluding hydrogens is 316 g/mol. The summed E-state index contributed by atoms with van der Waals surface area (Å²) in [6, 6.07) is 18.7. The second-order valence-electron chi connectivity index (χ2n) is 5.48. The molecule has 1 heterocycles. The van der Waals surface area contributed by atoms with Gasteiger partial charge in [0, 0.05) is 19.4 Å². The number of benzene rings is 2. The van der Waals surface area contributed by atoms with Gasteiger partial charge in [-0.1, -0.05) is 30.3 Å². The van der Waals surface area contributed by atoms with E-state index in [9.17, 15) is 4.79 Å². The molecule has 0 saturated carbocycles. The molecule has 0 aliphatic heterocycles. The van der Waals surface area contributed by atoms with Crippen molar-refractivity contribution in [3.05, 3.63) is 73.1 Å². The second kappa shape index (κ2) is 8.01. The monoisotopic (exact) mass is 336 g/mol. The van der Waals surface area contributed by atoms with E-state index in [1.54, 1.807) is 22.8 Å². The fourth-order valence-electron chi connectivity index (χ4n) is 2.32. The predicted octanol–water partition coefficient (Wildman–Crippen LogP) is 3.42. The van der Waals surface area contributed by atoms with E-state index in [4.69, 9.17) is 4.74 Å². The number of hydrogen-bond donors (Lipinski definition) is 1. The zero-order valence-corrected chi connectivity index (χ0v) is 14.0. The number of nitrogens with one attached hydrogen (secondary N) is 1. The zero-order chi connectivity index (χ0) is 17.5. The van der Waals surface area contributed by atoms with Crippen molar-refractivity contribution in [3.63, 3.8) is 0 Å². The summed E-state index contributed by atoms with van der Waals surface area (Å²) in [5.41, 5.74) is 1.52. The molecular formula is C19H20N4O2. The Hall–Kier alpha value is -3.28. The van der Waals surface area contributed by atoms with E-state index >= 15 is 0 Å². The normalized spacial score (nSPS) is 10.3. The number of urea groups is 1. The third-order valence-corrected chi connectivity index (χ3v) is 3.68. The number of para-hydroxylation sites is 3. The maximum absolute atomic E-state index is 12.4. The van der Waals surface area contributed by atoms with Crippen LogP contribution in [0.4, 0.5) is 10.5 Å². The van der Waals surface area contributed by atoms with Gasteiger partial charge in [-0.2, -0.15) is 5.10 Å². The summed E-state index contributed by atoms with van der Waals surface area (Å²) >= 11 is 0. The standard InChI is InChI=1S/C19H20N4O2/c1-22(14-15-25-16-8-3-2-4-9-16)19(24)21-17-10-5-6-11-18(17)23-13-7-12-20-23/h2-13H,14-15H2,1H3,(H,21,24). The Morgan fingerprint density at radius 3 is 2.64 bits per heavy atom. The molecule has 0 bridgehead atoms. The van der Waals surface area contributed by atoms with E-state index in [1.807, 2.05) is 66.9 Å². The van der Waals surface area contributed by atoms with Crippen molar-refractivity contribution < 1.29 is 9.53 Å². The number of carbonyl (C=O) groups is 1. The maximum atomic E-state index is 12.4. The molecule has 6 nitrogen and oxygen atoms in total. The molecule has 2 amide bonds. The molecule has 0 saturated heterocycles. The Morgan fingerprint density at radius 1 is 1.12 bits per heavy atom. The van der Waals surface area contributed by atoms with E-state index in [2.05, 4.69) is 10.4 Å². The number of aromatic nitrogens is 2. The Balaban J connectivity index is 1.57. The maximum Gasteiger partial charge on any atom is 0.321 e. The van der Waals surface area contributed by atoms with Crippen molar-refractivity contribution in [2.45, 2.75) is 0 Å². The second-order valence-corrected chi connectivity index (χ2v) is 5.48. The third-order valence-electron chi connectivity index (χ3n) is 3.68. The van der Waals surface area contributed by atoms with Crippen LogP contribution in [0.1, 0.15) is 0 Å². The predicted molar refractivity (Wildman–Crippen MR) is 97.1 cm³/mol. The number of amides is 2. The number of ether oxygens (including phenoxy) is 1. The smallest absolute Gasteiger partial charge is 0.321 e. The summed E-state index contributed by atoms with van der Waals surface area (Å²) in [7, 11) is 1.74. The number of likely N-dealkylation sites (N-methyl/N-ethyl adjacent to an activating group) is 1. The fourth-order valence-corrected chi connectivity index (χ4v) is 2.32. The van der Waals surface area contributed by atoms with Gasteiger partial charge in [-0.05, 0) is 30.3 Å². The van der Waals surface area contributed by atoms with Gasteiger partial charge in [-0.15, -0.1) is 0 Å². The van der Waals surface area contributed by atoms with E-state index in [1.165, 1.54) is 0 Å². The van der Waals surface area contributed by atoms with Crippen LogP contribution in [0.25, 0.3) is 5.69 Å². The number of carbonyl (C=O) groups excluding carboxylic acids is 1. The lowest BCUT2D eigenvalue weighted by molar-refractivity contribution is 0.207. The number of hydrogen-bond acceptors (Lipinski definition) is 3. The Morgan fingerprint density at radius 2 is 1.88 bits per heavy atom. The van der Waals surface area contributed by atoms with Gasteiger partial charge in [0.15, 0.2) is 0 Å². The lowest BCUT2D eigenvalue weighted by atomic mass is 10.2. The van der Waals surface area contributed by atoms with Crippen LogP contribution in [0.5, 0.6) is 5.75 Å². The van der Waals surface area contributed by atoms with Crippen molar-refractivity contribution in [3.8, 4) is 11.4 Å². The topological polar surface area (TPSA) is 59.4 Å². The van der Waals surface area contributed by atoms with E-state index in [0.29, 0.717) is 18.8 Å². The molecule has 128 valence electrons. The minimum atomic E-state index is -0.198. The highest BCUT2D eigenvalue weighted by molar-refractivity contribution is 5.91. The van der Waals surface area contributed by atoms with Crippen molar-refractivity contribution in [1.82, 2.24) is 14.7 Å². The molecule has 25 heavy (non-hydrogen) atoms. The first kappa shape index (κ1) is 16.6. The van der Waals surface area contributed by atoms with Crippen LogP contribution in [0.3, 0.4) is 0 Å². The van der Waals surface area contributed by atoms with Gasteiger partial charge < -0.3 is 15.0 Å². The molecule has 3 aromatic rings. The Labute approximate surface area is 146 Å². The fraction of sp³-hybridized carbons (Fsp3) is 0.158. The zero-order valence-electron chi connectivity index (χ0n) is 14.0. The SMILES string of the molecule is CN(CCOc1ccccc1)C(=O)Nc1ccccc1-n1cccn1. The van der Waals surface area contributed by atoms with Gasteiger partial charge in [-0.25, -0.2) is 9.48 Å². The lowest BCUT2D eigenvalue weighted by Gasteiger charge is -2.19. The first-order valence-electron chi connectivity index (χ1n) is 8.03. The number of rotatable bonds is 6. The summed E-state index contributed by atoms with van der Waals surface area (Å²) in [6.45, 7) is 0.902. The summed E-state index contributed by atoms with van der Waals surface area (Å²) in [6.07, 6.45) is 3.54. The highest BCUT2D eigenvalue weighted by Crippen LogP contribution is 2.19. The molecule has 0 fully saturated rings. The number of anilines is 1. The largest absolute Gasteiger partial charge is 0.492 e. The minimum Gasteiger partial charge on any atom is -0.492 e. The molecule has 3 rings (SSSR count). The highest BCUT2D eigenvalue weighted by atomic mass is 16.5. The van der Waals surface area contributed by atoms with Crippen LogP contribution in [-0.4, -0.2) is 40.9 Å². The van der Waals surface area contributed by atoms with Crippen LogP contribution in [0.2, 0.25) is 0 Å². The molecule has 2 aromatic carbocycles. The van der Waals surface area contributed by atoms with E-state index in [-0.39, 0.29) is 6.03 Å². The molecule has 0 radical (unpaired) electrons. The van der Waals surface area contributed by atoms with Gasteiger partial charge >= 0.3 is 6.03 Å². The van der Waals surface area contributed by atoms with Crippen molar-refractivity contribution in [2.75, 3.05) is 25.5 Å². The van der Waals surface area contributed by atoms with Crippen LogP contribution >= 0.6 is 0 Å². The van der Waals surface area contributed by atoms with Crippen LogP contribution < -0.4 is 10.1 Å². The van der Waals surface area contributed by atoms with Crippen molar-refractivity contribution in [2.24, 2.45) is 0 Å². The van der Waals surface area contributed by atoms with Crippen molar-refractivity contribution >= 4 is 11.7 Å². The molecule has 0 aliphatic carbocycles. The highest BCUT2D eigenvalue weighted by Gasteiger charge is 2.12. The van der Waals surface area contributed by atoms with Gasteiger partial charge in [-0.3, -0.25) is 0 Å². The molecule has 1 aromatic heterocycles. The van der Waals surface area contributed by atoms with E-state index in [0.717, 1.165) is 11.4 Å². The molecule has 0 spiro atoms. The van der Waals surface area contributed by atoms with Gasteiger partial charge in [0.05, 0.1) is 17.9 Å². The first-order valence-corrected chi connectivity index (χ1v) is 8.03. The summed E-state index contributed by atoms with van der Waals surface area (Å²) < 4.78 is 7.34. The Bertz CT molecular complexity index is 803. The van der Waals surface area contributed by atoms with Gasteiger partial charge in [0.1, 0.15) is 12.4 Å². The molecule has 6 heteroatoms. The summed E-state index contributed by atoms with van der Waals surface area (Å²) in [4.78, 5) is 14.0. The molecule has 0 atom stereocenters. The average Bonchev–Trinajstić information content (AvgIpc) is 3.17. The average molecular weight is 336 g/mol. The molecule has 1 N–H and O–H groups in total. The molecule has 0 unspecified atom stereocenters. The Kier molecular flexibility index (Phi) is 5.31. The first-order chi connectivity index (χ1) is 12.2. The quantitative estimate of drug-likeness (QED) is 0.750. The van der Waals surface area contributed by atoms with Crippen LogP contribution in [-0.2, 0) is 0 Å². The van der Waals surface area contributed by atoms with Gasteiger partial charge in [0.25, 0.3) is 0 Å². The minimum absolute atomic E-state index is 0.198. The van der Waals surface area contributed by atoms with E-state index < -0.39 is 0 Å². The lowest BCUT2D eigenvalue weighted by Crippen LogP contribution is -2.34. The summed E-state index contributed by atoms with van der Waals surface area (Å²) in [5.74, 6) is 0.792. The number of nitrogens with zero attached hydrogens (tertiary/aromatic N) is 3. The van der Waals surface area contributed by atoms with Crippen LogP contribution in [0.15, 0.2) is 73.1 Å². The summed E-state index contributed by atoms with van der Waals surface area (Å²) in [5, 5.41) is 7.13. The van der Waals surface area contributed by atoms with Crippen LogP contribution in [0, 0.1) is 0 Å². The third kappa shape index (κ3) is 4.38. The van der Waals surface area contributed by atoms with Gasteiger partial charge in [0.2, 0.25) is 0 Å². The molecule has 0 aliphatic rings. The van der Waals surface area contributed by atoms with Crippen molar-refractivity contribution in [1.29, 1.82) is 0 Å².